The predicted octanol–water partition coefficient (Wildman–Crippen LogP) is 5.06. The Bertz CT molecular complexity index is 947. The molecule has 1 heterocycles. The summed E-state index contributed by atoms with van der Waals surface area (Å²) in [4.78, 5) is 14.3. The standard InChI is InChI=1S/C22H22BrNO4S2/c1-15-3-6-18(7-4-15)27-11-9-26-10-12-28-19-8-5-17(23)13-16(19)14-20-21(25)24(2)22(29)30-20/h3-8,13-14H,9-12H2,1-2H3/b20-14+. The molecular formula is C22H22BrNO4S2. The number of aryl methyl sites for hydroxylation is 1. The van der Waals surface area contributed by atoms with Crippen LogP contribution >= 0.6 is 39.9 Å². The van der Waals surface area contributed by atoms with E-state index in [4.69, 9.17) is 26.4 Å². The van der Waals surface area contributed by atoms with Gasteiger partial charge >= 0.3 is 0 Å². The maximum atomic E-state index is 12.3. The number of hydrogen-bond acceptors (Lipinski definition) is 6. The third-order valence-corrected chi connectivity index (χ3v) is 6.23. The lowest BCUT2D eigenvalue weighted by Crippen LogP contribution is -2.22. The van der Waals surface area contributed by atoms with Crippen molar-refractivity contribution < 1.29 is 19.0 Å². The second-order valence-electron chi connectivity index (χ2n) is 6.55. The van der Waals surface area contributed by atoms with Crippen LogP contribution in [-0.2, 0) is 9.53 Å². The summed E-state index contributed by atoms with van der Waals surface area (Å²) in [6.45, 7) is 3.82. The molecule has 0 unspecified atom stereocenters. The minimum Gasteiger partial charge on any atom is -0.491 e. The maximum absolute atomic E-state index is 12.3. The van der Waals surface area contributed by atoms with E-state index in [1.807, 2.05) is 49.4 Å². The summed E-state index contributed by atoms with van der Waals surface area (Å²) in [5.74, 6) is 1.41. The number of ether oxygens (including phenoxy) is 3. The van der Waals surface area contributed by atoms with Gasteiger partial charge in [-0.15, -0.1) is 0 Å². The molecule has 1 fully saturated rings. The number of hydrogen-bond donors (Lipinski definition) is 0. The number of carbonyl (C=O) groups excluding carboxylic acids is 1. The van der Waals surface area contributed by atoms with Crippen molar-refractivity contribution in [3.05, 3.63) is 63.0 Å². The Kier molecular flexibility index (Phi) is 8.32. The van der Waals surface area contributed by atoms with Crippen molar-refractivity contribution in [3.8, 4) is 11.5 Å². The molecule has 2 aromatic carbocycles. The van der Waals surface area contributed by atoms with Crippen molar-refractivity contribution in [2.45, 2.75) is 6.92 Å². The third kappa shape index (κ3) is 6.31. The van der Waals surface area contributed by atoms with Gasteiger partial charge in [0.1, 0.15) is 29.0 Å². The summed E-state index contributed by atoms with van der Waals surface area (Å²) >= 11 is 9.94. The molecule has 0 saturated carbocycles. The Morgan fingerprint density at radius 1 is 1.07 bits per heavy atom. The minimum atomic E-state index is -0.104. The lowest BCUT2D eigenvalue weighted by Gasteiger charge is -2.11. The number of likely N-dealkylation sites (N-methyl/N-ethyl adjacent to an activating group) is 1. The minimum absolute atomic E-state index is 0.104. The van der Waals surface area contributed by atoms with Gasteiger partial charge in [-0.3, -0.25) is 9.69 Å². The van der Waals surface area contributed by atoms with E-state index in [1.165, 1.54) is 22.2 Å². The number of halogens is 1. The van der Waals surface area contributed by atoms with Crippen LogP contribution in [0.1, 0.15) is 11.1 Å². The number of carbonyl (C=O) groups is 1. The monoisotopic (exact) mass is 507 g/mol. The van der Waals surface area contributed by atoms with Gasteiger partial charge in [0.05, 0.1) is 18.1 Å². The zero-order valence-electron chi connectivity index (χ0n) is 16.7. The van der Waals surface area contributed by atoms with Crippen molar-refractivity contribution in [2.75, 3.05) is 33.5 Å². The zero-order chi connectivity index (χ0) is 21.5. The molecule has 0 aliphatic carbocycles. The Morgan fingerprint density at radius 2 is 1.77 bits per heavy atom. The van der Waals surface area contributed by atoms with Crippen molar-refractivity contribution in [3.63, 3.8) is 0 Å². The number of thioether (sulfide) groups is 1. The topological polar surface area (TPSA) is 48.0 Å². The number of rotatable bonds is 9. The van der Waals surface area contributed by atoms with Gasteiger partial charge in [-0.25, -0.2) is 0 Å². The molecule has 1 amide bonds. The third-order valence-electron chi connectivity index (χ3n) is 4.25. The van der Waals surface area contributed by atoms with Crippen molar-refractivity contribution in [2.24, 2.45) is 0 Å². The van der Waals surface area contributed by atoms with Gasteiger partial charge in [0.25, 0.3) is 5.91 Å². The van der Waals surface area contributed by atoms with Crippen molar-refractivity contribution in [1.29, 1.82) is 0 Å². The van der Waals surface area contributed by atoms with E-state index in [0.717, 1.165) is 15.8 Å². The highest BCUT2D eigenvalue weighted by molar-refractivity contribution is 9.10. The molecule has 0 aromatic heterocycles. The van der Waals surface area contributed by atoms with E-state index in [2.05, 4.69) is 15.9 Å². The summed E-state index contributed by atoms with van der Waals surface area (Å²) in [5, 5.41) is 0. The number of benzene rings is 2. The lowest BCUT2D eigenvalue weighted by molar-refractivity contribution is -0.121. The Hall–Kier alpha value is -1.87. The molecule has 1 aliphatic rings. The second-order valence-corrected chi connectivity index (χ2v) is 9.14. The van der Waals surface area contributed by atoms with Gasteiger partial charge in [-0.2, -0.15) is 0 Å². The highest BCUT2D eigenvalue weighted by Crippen LogP contribution is 2.34. The molecule has 1 aliphatic heterocycles. The molecule has 0 radical (unpaired) electrons. The zero-order valence-corrected chi connectivity index (χ0v) is 19.9. The summed E-state index contributed by atoms with van der Waals surface area (Å²) in [6.07, 6.45) is 1.80. The number of thiocarbonyl (C=S) groups is 1. The smallest absolute Gasteiger partial charge is 0.265 e. The van der Waals surface area contributed by atoms with E-state index in [1.54, 1.807) is 13.1 Å². The van der Waals surface area contributed by atoms with E-state index in [-0.39, 0.29) is 5.91 Å². The highest BCUT2D eigenvalue weighted by Gasteiger charge is 2.28. The molecule has 5 nitrogen and oxygen atoms in total. The van der Waals surface area contributed by atoms with Crippen molar-refractivity contribution >= 4 is 56.2 Å². The Balaban J connectivity index is 1.47. The molecule has 158 valence electrons. The molecule has 0 N–H and O–H groups in total. The van der Waals surface area contributed by atoms with E-state index in [0.29, 0.717) is 41.4 Å². The average Bonchev–Trinajstić information content (AvgIpc) is 2.96. The fourth-order valence-electron chi connectivity index (χ4n) is 2.62. The first-order valence-electron chi connectivity index (χ1n) is 9.35. The quantitative estimate of drug-likeness (QED) is 0.268. The van der Waals surface area contributed by atoms with Crippen LogP contribution in [0.25, 0.3) is 6.08 Å². The molecule has 1 saturated heterocycles. The average molecular weight is 508 g/mol. The molecule has 30 heavy (non-hydrogen) atoms. The van der Waals surface area contributed by atoms with Gasteiger partial charge in [-0.05, 0) is 43.3 Å². The summed E-state index contributed by atoms with van der Waals surface area (Å²) in [5.41, 5.74) is 2.00. The summed E-state index contributed by atoms with van der Waals surface area (Å²) < 4.78 is 18.5. The van der Waals surface area contributed by atoms with Crippen LogP contribution in [-0.4, -0.2) is 48.6 Å². The maximum Gasteiger partial charge on any atom is 0.265 e. The van der Waals surface area contributed by atoms with Crippen LogP contribution in [0.15, 0.2) is 51.8 Å². The molecule has 0 atom stereocenters. The normalized spacial score (nSPS) is 15.2. The molecule has 8 heteroatoms. The van der Waals surface area contributed by atoms with Gasteiger partial charge in [-0.1, -0.05) is 57.6 Å². The van der Waals surface area contributed by atoms with Gasteiger partial charge in [0, 0.05) is 17.1 Å². The first-order chi connectivity index (χ1) is 14.4. The van der Waals surface area contributed by atoms with Gasteiger partial charge < -0.3 is 14.2 Å². The summed E-state index contributed by atoms with van der Waals surface area (Å²) in [7, 11) is 1.68. The van der Waals surface area contributed by atoms with Crippen LogP contribution < -0.4 is 9.47 Å². The van der Waals surface area contributed by atoms with Crippen LogP contribution in [0, 0.1) is 6.92 Å². The van der Waals surface area contributed by atoms with E-state index >= 15 is 0 Å². The Labute approximate surface area is 194 Å². The SMILES string of the molecule is Cc1ccc(OCCOCCOc2ccc(Br)cc2/C=C2/SC(=S)N(C)C2=O)cc1. The molecule has 2 aromatic rings. The fraction of sp³-hybridized carbons (Fsp3) is 0.273. The van der Waals surface area contributed by atoms with Crippen LogP contribution in [0.2, 0.25) is 0 Å². The number of nitrogens with zero attached hydrogens (tertiary/aromatic N) is 1. The summed E-state index contributed by atoms with van der Waals surface area (Å²) in [6, 6.07) is 13.6. The number of amides is 1. The molecular weight excluding hydrogens is 486 g/mol. The lowest BCUT2D eigenvalue weighted by atomic mass is 10.2. The predicted molar refractivity (Wildman–Crippen MR) is 128 cm³/mol. The first kappa shape index (κ1) is 22.8. The van der Waals surface area contributed by atoms with Crippen LogP contribution in [0.3, 0.4) is 0 Å². The van der Waals surface area contributed by atoms with Crippen LogP contribution in [0.4, 0.5) is 0 Å². The van der Waals surface area contributed by atoms with E-state index < -0.39 is 0 Å². The molecule has 0 spiro atoms. The van der Waals surface area contributed by atoms with Crippen LogP contribution in [0.5, 0.6) is 11.5 Å². The van der Waals surface area contributed by atoms with Gasteiger partial charge in [0.15, 0.2) is 0 Å². The Morgan fingerprint density at radius 3 is 2.43 bits per heavy atom. The van der Waals surface area contributed by atoms with Gasteiger partial charge in [0.2, 0.25) is 0 Å². The first-order valence-corrected chi connectivity index (χ1v) is 11.4. The largest absolute Gasteiger partial charge is 0.491 e. The van der Waals surface area contributed by atoms with E-state index in [9.17, 15) is 4.79 Å². The second kappa shape index (κ2) is 10.9. The molecule has 0 bridgehead atoms. The van der Waals surface area contributed by atoms with Crippen molar-refractivity contribution in [1.82, 2.24) is 4.90 Å². The molecule has 3 rings (SSSR count). The highest BCUT2D eigenvalue weighted by atomic mass is 79.9. The fourth-order valence-corrected chi connectivity index (χ4v) is 4.17.